The van der Waals surface area contributed by atoms with E-state index in [0.29, 0.717) is 11.6 Å². The van der Waals surface area contributed by atoms with Crippen LogP contribution >= 0.6 is 34.8 Å². The number of hydrogen-bond donors (Lipinski definition) is 1. The van der Waals surface area contributed by atoms with Crippen LogP contribution in [-0.2, 0) is 27.5 Å². The van der Waals surface area contributed by atoms with Crippen molar-refractivity contribution in [3.63, 3.8) is 0 Å². The van der Waals surface area contributed by atoms with Crippen LogP contribution in [0.4, 0.5) is 18.9 Å². The van der Waals surface area contributed by atoms with Crippen LogP contribution in [0.3, 0.4) is 0 Å². The van der Waals surface area contributed by atoms with Gasteiger partial charge in [-0.2, -0.15) is 17.5 Å². The van der Waals surface area contributed by atoms with Crippen molar-refractivity contribution in [3.05, 3.63) is 92.9 Å². The summed E-state index contributed by atoms with van der Waals surface area (Å²) < 4.78 is 67.7. The molecule has 0 spiro atoms. The minimum atomic E-state index is -4.79. The first kappa shape index (κ1) is 26.3. The summed E-state index contributed by atoms with van der Waals surface area (Å²) in [6, 6.07) is 15.0. The van der Waals surface area contributed by atoms with E-state index in [4.69, 9.17) is 34.8 Å². The zero-order valence-corrected chi connectivity index (χ0v) is 20.2. The normalized spacial score (nSPS) is 12.1. The van der Waals surface area contributed by atoms with Gasteiger partial charge in [0.15, 0.2) is 0 Å². The topological polar surface area (TPSA) is 66.5 Å². The fourth-order valence-corrected chi connectivity index (χ4v) is 5.33. The maximum atomic E-state index is 13.4. The number of carbonyl (C=O) groups is 1. The molecule has 0 radical (unpaired) electrons. The van der Waals surface area contributed by atoms with Gasteiger partial charge in [0.25, 0.3) is 0 Å². The van der Waals surface area contributed by atoms with E-state index < -0.39 is 39.9 Å². The van der Waals surface area contributed by atoms with Crippen molar-refractivity contribution in [2.75, 3.05) is 11.9 Å². The van der Waals surface area contributed by atoms with Gasteiger partial charge in [-0.3, -0.25) is 4.79 Å². The molecule has 3 aromatic rings. The Balaban J connectivity index is 1.95. The summed E-state index contributed by atoms with van der Waals surface area (Å²) in [7, 11) is -4.37. The lowest BCUT2D eigenvalue weighted by molar-refractivity contribution is -0.137. The molecule has 0 aromatic heterocycles. The summed E-state index contributed by atoms with van der Waals surface area (Å²) in [5.74, 6) is -0.995. The van der Waals surface area contributed by atoms with E-state index in [2.05, 4.69) is 5.32 Å². The van der Waals surface area contributed by atoms with Crippen LogP contribution in [0.25, 0.3) is 0 Å². The fourth-order valence-electron chi connectivity index (χ4n) is 3.04. The third-order valence-corrected chi connectivity index (χ3v) is 7.34. The highest BCUT2D eigenvalue weighted by atomic mass is 35.5. The molecule has 3 rings (SSSR count). The SMILES string of the molecule is O=C(CN(Cc1ccccc1)S(=O)(=O)c1cc(Cl)ccc1Cl)Nc1ccc(Cl)cc1C(F)(F)F. The lowest BCUT2D eigenvalue weighted by Gasteiger charge is -2.23. The van der Waals surface area contributed by atoms with Gasteiger partial charge in [0.2, 0.25) is 15.9 Å². The molecule has 0 aliphatic carbocycles. The van der Waals surface area contributed by atoms with Crippen molar-refractivity contribution < 1.29 is 26.4 Å². The summed E-state index contributed by atoms with van der Waals surface area (Å²) in [5, 5.41) is 1.93. The number of benzene rings is 3. The Hall–Kier alpha value is -2.30. The second-order valence-corrected chi connectivity index (χ2v) is 10.3. The monoisotopic (exact) mass is 550 g/mol. The van der Waals surface area contributed by atoms with E-state index in [9.17, 15) is 26.4 Å². The lowest BCUT2D eigenvalue weighted by atomic mass is 10.1. The molecule has 1 N–H and O–H groups in total. The van der Waals surface area contributed by atoms with Gasteiger partial charge in [-0.15, -0.1) is 0 Å². The molecule has 0 unspecified atom stereocenters. The second-order valence-electron chi connectivity index (χ2n) is 7.07. The highest BCUT2D eigenvalue weighted by Gasteiger charge is 2.35. The van der Waals surface area contributed by atoms with E-state index in [0.717, 1.165) is 16.4 Å². The highest BCUT2D eigenvalue weighted by molar-refractivity contribution is 7.89. The summed E-state index contributed by atoms with van der Waals surface area (Å²) in [5.41, 5.74) is -1.18. The van der Waals surface area contributed by atoms with Gasteiger partial charge in [0, 0.05) is 16.6 Å². The maximum Gasteiger partial charge on any atom is 0.418 e. The Morgan fingerprint density at radius 2 is 1.53 bits per heavy atom. The lowest BCUT2D eigenvalue weighted by Crippen LogP contribution is -2.38. The van der Waals surface area contributed by atoms with Gasteiger partial charge in [-0.1, -0.05) is 65.1 Å². The maximum absolute atomic E-state index is 13.4. The molecule has 0 saturated heterocycles. The molecule has 180 valence electrons. The number of sulfonamides is 1. The predicted molar refractivity (Wildman–Crippen MR) is 126 cm³/mol. The van der Waals surface area contributed by atoms with Gasteiger partial charge in [-0.05, 0) is 42.0 Å². The van der Waals surface area contributed by atoms with Gasteiger partial charge < -0.3 is 5.32 Å². The third-order valence-electron chi connectivity index (χ3n) is 4.59. The van der Waals surface area contributed by atoms with Crippen molar-refractivity contribution in [1.82, 2.24) is 4.31 Å². The van der Waals surface area contributed by atoms with E-state index >= 15 is 0 Å². The van der Waals surface area contributed by atoms with Crippen LogP contribution in [0.2, 0.25) is 15.1 Å². The number of amides is 1. The second kappa shape index (κ2) is 10.5. The first-order valence-corrected chi connectivity index (χ1v) is 12.1. The Morgan fingerprint density at radius 1 is 0.912 bits per heavy atom. The van der Waals surface area contributed by atoms with E-state index in [1.54, 1.807) is 30.3 Å². The molecular formula is C22H16Cl3F3N2O3S. The minimum Gasteiger partial charge on any atom is -0.324 e. The first-order chi connectivity index (χ1) is 15.9. The van der Waals surface area contributed by atoms with E-state index in [-0.39, 0.29) is 26.5 Å². The number of nitrogens with one attached hydrogen (secondary N) is 1. The molecule has 0 aliphatic heterocycles. The number of halogens is 6. The molecule has 0 saturated carbocycles. The van der Waals surface area contributed by atoms with Crippen molar-refractivity contribution >= 4 is 56.4 Å². The third kappa shape index (κ3) is 6.43. The zero-order valence-electron chi connectivity index (χ0n) is 17.1. The number of rotatable bonds is 7. The molecule has 1 amide bonds. The Bertz CT molecular complexity index is 1300. The van der Waals surface area contributed by atoms with Crippen molar-refractivity contribution in [2.24, 2.45) is 0 Å². The molecule has 12 heteroatoms. The van der Waals surface area contributed by atoms with Gasteiger partial charge >= 0.3 is 6.18 Å². The van der Waals surface area contributed by atoms with Crippen LogP contribution in [0, 0.1) is 0 Å². The average Bonchev–Trinajstić information content (AvgIpc) is 2.76. The predicted octanol–water partition coefficient (Wildman–Crippen LogP) is 6.50. The molecule has 0 aliphatic rings. The van der Waals surface area contributed by atoms with Crippen molar-refractivity contribution in [1.29, 1.82) is 0 Å². The average molecular weight is 552 g/mol. The largest absolute Gasteiger partial charge is 0.418 e. The van der Waals surface area contributed by atoms with Crippen molar-refractivity contribution in [3.8, 4) is 0 Å². The highest BCUT2D eigenvalue weighted by Crippen LogP contribution is 2.36. The summed E-state index contributed by atoms with van der Waals surface area (Å²) >= 11 is 17.7. The Labute approximate surface area is 209 Å². The summed E-state index contributed by atoms with van der Waals surface area (Å²) in [4.78, 5) is 12.4. The van der Waals surface area contributed by atoms with E-state index in [1.807, 2.05) is 0 Å². The minimum absolute atomic E-state index is 0.100. The fraction of sp³-hybridized carbons (Fsp3) is 0.136. The van der Waals surface area contributed by atoms with E-state index in [1.165, 1.54) is 18.2 Å². The van der Waals surface area contributed by atoms with Crippen LogP contribution in [0.5, 0.6) is 0 Å². The summed E-state index contributed by atoms with van der Waals surface area (Å²) in [6.45, 7) is -1.04. The molecule has 34 heavy (non-hydrogen) atoms. The number of carbonyl (C=O) groups excluding carboxylic acids is 1. The van der Waals surface area contributed by atoms with Crippen LogP contribution in [0.1, 0.15) is 11.1 Å². The summed E-state index contributed by atoms with van der Waals surface area (Å²) in [6.07, 6.45) is -4.79. The number of alkyl halides is 3. The first-order valence-electron chi connectivity index (χ1n) is 9.53. The molecule has 5 nitrogen and oxygen atoms in total. The van der Waals surface area contributed by atoms with Crippen molar-refractivity contribution in [2.45, 2.75) is 17.6 Å². The smallest absolute Gasteiger partial charge is 0.324 e. The van der Waals surface area contributed by atoms with Crippen LogP contribution in [0.15, 0.2) is 71.6 Å². The molecular weight excluding hydrogens is 536 g/mol. The molecule has 0 bridgehead atoms. The van der Waals surface area contributed by atoms with Gasteiger partial charge in [0.05, 0.1) is 22.8 Å². The standard InChI is InChI=1S/C22H16Cl3F3N2O3S/c23-15-7-9-19(17(10-15)22(26,27)28)29-21(31)13-30(12-14-4-2-1-3-5-14)34(32,33)20-11-16(24)6-8-18(20)25/h1-11H,12-13H2,(H,29,31). The molecule has 0 atom stereocenters. The quantitative estimate of drug-likeness (QED) is 0.365. The van der Waals surface area contributed by atoms with Crippen LogP contribution in [-0.4, -0.2) is 25.2 Å². The number of nitrogens with zero attached hydrogens (tertiary/aromatic N) is 1. The molecule has 3 aromatic carbocycles. The molecule has 0 heterocycles. The Kier molecular flexibility index (Phi) is 8.15. The van der Waals surface area contributed by atoms with Gasteiger partial charge in [-0.25, -0.2) is 8.42 Å². The number of anilines is 1. The Morgan fingerprint density at radius 3 is 2.18 bits per heavy atom. The zero-order chi connectivity index (χ0) is 25.1. The molecule has 0 fully saturated rings. The number of hydrogen-bond acceptors (Lipinski definition) is 3. The van der Waals surface area contributed by atoms with Gasteiger partial charge in [0.1, 0.15) is 4.90 Å². The van der Waals surface area contributed by atoms with Crippen LogP contribution < -0.4 is 5.32 Å².